The molecule has 0 spiro atoms. The van der Waals surface area contributed by atoms with E-state index in [1.807, 2.05) is 0 Å². The quantitative estimate of drug-likeness (QED) is 0.239. The molecule has 0 rings (SSSR count). The van der Waals surface area contributed by atoms with E-state index in [0.717, 1.165) is 0 Å². The average Bonchev–Trinajstić information content (AvgIpc) is 1.84. The molecule has 1 unspecified atom stereocenters. The summed E-state index contributed by atoms with van der Waals surface area (Å²) < 4.78 is 0. The Labute approximate surface area is 47.6 Å². The first kappa shape index (κ1) is 7.39. The highest BCUT2D eigenvalue weighted by atomic mass is 16.3. The highest BCUT2D eigenvalue weighted by Gasteiger charge is 2.03. The zero-order chi connectivity index (χ0) is 6.57. The van der Waals surface area contributed by atoms with Crippen LogP contribution in [0.1, 0.15) is 6.92 Å². The Morgan fingerprint density at radius 2 is 2.38 bits per heavy atom. The van der Waals surface area contributed by atoms with Crippen LogP contribution in [0.2, 0.25) is 0 Å². The third-order valence-corrected chi connectivity index (χ3v) is 0.859. The van der Waals surface area contributed by atoms with E-state index in [0.29, 0.717) is 5.71 Å². The fourth-order valence-corrected chi connectivity index (χ4v) is 0.218. The summed E-state index contributed by atoms with van der Waals surface area (Å²) in [6.45, 7) is 1.22. The van der Waals surface area contributed by atoms with Crippen molar-refractivity contribution in [3.8, 4) is 0 Å². The van der Waals surface area contributed by atoms with Gasteiger partial charge in [0, 0.05) is 0 Å². The molecular weight excluding hydrogens is 108 g/mol. The van der Waals surface area contributed by atoms with Crippen molar-refractivity contribution in [2.45, 2.75) is 13.0 Å². The van der Waals surface area contributed by atoms with Crippen molar-refractivity contribution in [2.24, 2.45) is 10.9 Å². The van der Waals surface area contributed by atoms with Crippen LogP contribution in [0, 0.1) is 0 Å². The number of rotatable bonds is 2. The molecule has 0 aliphatic rings. The molecule has 0 heterocycles. The molecule has 4 nitrogen and oxygen atoms in total. The number of nitrogens with zero attached hydrogens (tertiary/aromatic N) is 1. The first-order valence-corrected chi connectivity index (χ1v) is 2.25. The van der Waals surface area contributed by atoms with Gasteiger partial charge in [0.1, 0.15) is 6.10 Å². The SMILES string of the molecule is C/C(=N\N)C(O)CO. The Hall–Kier alpha value is -0.610. The number of nitrogens with two attached hydrogens (primary N) is 1. The lowest BCUT2D eigenvalue weighted by molar-refractivity contribution is 0.144. The van der Waals surface area contributed by atoms with Gasteiger partial charge in [-0.1, -0.05) is 0 Å². The summed E-state index contributed by atoms with van der Waals surface area (Å²) in [6, 6.07) is 0. The van der Waals surface area contributed by atoms with Crippen LogP contribution in [0.25, 0.3) is 0 Å². The summed E-state index contributed by atoms with van der Waals surface area (Å²) in [5, 5.41) is 20.1. The Kier molecular flexibility index (Phi) is 3.14. The maximum atomic E-state index is 8.67. The van der Waals surface area contributed by atoms with Crippen LogP contribution in [-0.2, 0) is 0 Å². The molecule has 48 valence electrons. The van der Waals surface area contributed by atoms with E-state index in [1.54, 1.807) is 6.92 Å². The molecule has 0 aliphatic heterocycles. The standard InChI is InChI=1S/C4H10N2O2/c1-3(6-5)4(8)2-7/h4,7-8H,2,5H2,1H3/b6-3+. The average molecular weight is 118 g/mol. The topological polar surface area (TPSA) is 78.8 Å². The largest absolute Gasteiger partial charge is 0.393 e. The van der Waals surface area contributed by atoms with Crippen molar-refractivity contribution >= 4 is 5.71 Å². The molecule has 0 amide bonds. The van der Waals surface area contributed by atoms with Gasteiger partial charge in [0.15, 0.2) is 0 Å². The summed E-state index contributed by atoms with van der Waals surface area (Å²) >= 11 is 0. The lowest BCUT2D eigenvalue weighted by atomic mass is 10.3. The van der Waals surface area contributed by atoms with Gasteiger partial charge >= 0.3 is 0 Å². The van der Waals surface area contributed by atoms with Gasteiger partial charge in [-0.05, 0) is 6.92 Å². The molecule has 0 saturated heterocycles. The van der Waals surface area contributed by atoms with Gasteiger partial charge in [0.25, 0.3) is 0 Å². The maximum Gasteiger partial charge on any atom is 0.116 e. The van der Waals surface area contributed by atoms with Crippen LogP contribution in [0.5, 0.6) is 0 Å². The molecule has 0 aliphatic carbocycles. The number of aliphatic hydroxyl groups excluding tert-OH is 2. The molecule has 4 N–H and O–H groups in total. The predicted octanol–water partition coefficient (Wildman–Crippen LogP) is -1.33. The van der Waals surface area contributed by atoms with Gasteiger partial charge in [-0.3, -0.25) is 0 Å². The van der Waals surface area contributed by atoms with E-state index in [-0.39, 0.29) is 6.61 Å². The van der Waals surface area contributed by atoms with Crippen molar-refractivity contribution in [2.75, 3.05) is 6.61 Å². The molecule has 0 bridgehead atoms. The highest BCUT2D eigenvalue weighted by molar-refractivity contribution is 5.85. The molecule has 4 heteroatoms. The van der Waals surface area contributed by atoms with Crippen LogP contribution in [0.15, 0.2) is 5.10 Å². The number of hydrogen-bond acceptors (Lipinski definition) is 4. The zero-order valence-electron chi connectivity index (χ0n) is 4.70. The first-order valence-electron chi connectivity index (χ1n) is 2.25. The first-order chi connectivity index (χ1) is 3.72. The Morgan fingerprint density at radius 1 is 1.88 bits per heavy atom. The van der Waals surface area contributed by atoms with Crippen molar-refractivity contribution in [1.29, 1.82) is 0 Å². The third-order valence-electron chi connectivity index (χ3n) is 0.859. The third kappa shape index (κ3) is 1.90. The van der Waals surface area contributed by atoms with Crippen molar-refractivity contribution in [1.82, 2.24) is 0 Å². The Balaban J connectivity index is 3.63. The van der Waals surface area contributed by atoms with Gasteiger partial charge in [-0.2, -0.15) is 5.10 Å². The van der Waals surface area contributed by atoms with Gasteiger partial charge in [-0.15, -0.1) is 0 Å². The van der Waals surface area contributed by atoms with Gasteiger partial charge in [-0.25, -0.2) is 0 Å². The molecule has 0 aromatic carbocycles. The minimum Gasteiger partial charge on any atom is -0.393 e. The maximum absolute atomic E-state index is 8.67. The fraction of sp³-hybridized carbons (Fsp3) is 0.750. The normalized spacial score (nSPS) is 16.1. The zero-order valence-corrected chi connectivity index (χ0v) is 4.70. The molecule has 0 aromatic rings. The Bertz CT molecular complexity index is 92.0. The van der Waals surface area contributed by atoms with E-state index >= 15 is 0 Å². The Morgan fingerprint density at radius 3 is 2.50 bits per heavy atom. The summed E-state index contributed by atoms with van der Waals surface area (Å²) in [5.41, 5.74) is 0.340. The van der Waals surface area contributed by atoms with Crippen LogP contribution in [0.3, 0.4) is 0 Å². The van der Waals surface area contributed by atoms with Gasteiger partial charge < -0.3 is 16.1 Å². The molecule has 0 radical (unpaired) electrons. The van der Waals surface area contributed by atoms with Gasteiger partial charge in [0.2, 0.25) is 0 Å². The fourth-order valence-electron chi connectivity index (χ4n) is 0.218. The van der Waals surface area contributed by atoms with Gasteiger partial charge in [0.05, 0.1) is 12.3 Å². The van der Waals surface area contributed by atoms with E-state index in [9.17, 15) is 0 Å². The molecule has 1 atom stereocenters. The van der Waals surface area contributed by atoms with Crippen molar-refractivity contribution < 1.29 is 10.2 Å². The number of hydrogen-bond donors (Lipinski definition) is 3. The highest BCUT2D eigenvalue weighted by Crippen LogP contribution is 1.82. The smallest absolute Gasteiger partial charge is 0.116 e. The van der Waals surface area contributed by atoms with E-state index < -0.39 is 6.10 Å². The van der Waals surface area contributed by atoms with Crippen molar-refractivity contribution in [3.63, 3.8) is 0 Å². The van der Waals surface area contributed by atoms with Crippen LogP contribution < -0.4 is 5.84 Å². The number of hydrazone groups is 1. The number of aliphatic hydroxyl groups is 2. The summed E-state index contributed by atoms with van der Waals surface area (Å²) in [4.78, 5) is 0. The summed E-state index contributed by atoms with van der Waals surface area (Å²) in [5.74, 6) is 4.77. The van der Waals surface area contributed by atoms with E-state index in [4.69, 9.17) is 16.1 Å². The second-order valence-electron chi connectivity index (χ2n) is 1.47. The lowest BCUT2D eigenvalue weighted by Crippen LogP contribution is -2.22. The monoisotopic (exact) mass is 118 g/mol. The second kappa shape index (κ2) is 3.40. The molecule has 0 saturated carbocycles. The minimum absolute atomic E-state index is 0.327. The molecule has 0 aromatic heterocycles. The van der Waals surface area contributed by atoms with Crippen LogP contribution in [-0.4, -0.2) is 28.6 Å². The summed E-state index contributed by atoms with van der Waals surface area (Å²) in [6.07, 6.45) is -0.903. The van der Waals surface area contributed by atoms with Crippen molar-refractivity contribution in [3.05, 3.63) is 0 Å². The molecular formula is C4H10N2O2. The van der Waals surface area contributed by atoms with E-state index in [1.165, 1.54) is 0 Å². The van der Waals surface area contributed by atoms with Crippen LogP contribution in [0.4, 0.5) is 0 Å². The lowest BCUT2D eigenvalue weighted by Gasteiger charge is -2.02. The second-order valence-corrected chi connectivity index (χ2v) is 1.47. The molecule has 8 heavy (non-hydrogen) atoms. The molecule has 0 fully saturated rings. The predicted molar refractivity (Wildman–Crippen MR) is 30.4 cm³/mol. The van der Waals surface area contributed by atoms with Crippen LogP contribution >= 0.6 is 0 Å². The summed E-state index contributed by atoms with van der Waals surface area (Å²) in [7, 11) is 0. The van der Waals surface area contributed by atoms with E-state index in [2.05, 4.69) is 5.10 Å². The minimum atomic E-state index is -0.903.